The van der Waals surface area contributed by atoms with Crippen molar-refractivity contribution in [2.45, 2.75) is 12.8 Å². The summed E-state index contributed by atoms with van der Waals surface area (Å²) in [5.41, 5.74) is 9.02. The van der Waals surface area contributed by atoms with E-state index in [1.54, 1.807) is 16.8 Å². The Morgan fingerprint density at radius 3 is 2.41 bits per heavy atom. The quantitative estimate of drug-likeness (QED) is 0.542. The van der Waals surface area contributed by atoms with Crippen LogP contribution in [0, 0.1) is 5.82 Å². The highest BCUT2D eigenvalue weighted by Crippen LogP contribution is 2.36. The van der Waals surface area contributed by atoms with Crippen LogP contribution in [-0.2, 0) is 0 Å². The summed E-state index contributed by atoms with van der Waals surface area (Å²) < 4.78 is 14.9. The van der Waals surface area contributed by atoms with Crippen molar-refractivity contribution in [3.63, 3.8) is 0 Å². The molecule has 8 heteroatoms. The number of fused-ring (bicyclic) bond motifs is 1. The summed E-state index contributed by atoms with van der Waals surface area (Å²) in [6, 6.07) is 13.5. The fourth-order valence-corrected chi connectivity index (χ4v) is 3.91. The zero-order valence-corrected chi connectivity index (χ0v) is 16.3. The van der Waals surface area contributed by atoms with Gasteiger partial charge in [-0.15, -0.1) is 5.10 Å². The minimum Gasteiger partial charge on any atom is -0.383 e. The Morgan fingerprint density at radius 2 is 1.69 bits per heavy atom. The largest absolute Gasteiger partial charge is 0.383 e. The molecule has 0 saturated carbocycles. The maximum Gasteiger partial charge on any atom is 0.228 e. The molecule has 0 unspecified atom stereocenters. The van der Waals surface area contributed by atoms with Gasteiger partial charge in [-0.2, -0.15) is 4.98 Å². The molecule has 146 valence electrons. The average Bonchev–Trinajstić information content (AvgIpc) is 3.37. The van der Waals surface area contributed by atoms with Crippen LogP contribution in [0.2, 0.25) is 5.02 Å². The first kappa shape index (κ1) is 17.9. The predicted octanol–water partition coefficient (Wildman–Crippen LogP) is 4.46. The van der Waals surface area contributed by atoms with Crippen LogP contribution in [0.25, 0.3) is 28.0 Å². The number of aromatic nitrogens is 4. The van der Waals surface area contributed by atoms with Crippen LogP contribution >= 0.6 is 11.6 Å². The Kier molecular flexibility index (Phi) is 4.32. The van der Waals surface area contributed by atoms with E-state index < -0.39 is 0 Å². The van der Waals surface area contributed by atoms with E-state index in [1.165, 1.54) is 12.1 Å². The van der Waals surface area contributed by atoms with Crippen molar-refractivity contribution in [1.82, 2.24) is 19.7 Å². The number of benzene rings is 2. The number of nitrogens with zero attached hydrogens (tertiary/aromatic N) is 5. The monoisotopic (exact) mass is 408 g/mol. The van der Waals surface area contributed by atoms with E-state index in [0.29, 0.717) is 39.2 Å². The lowest BCUT2D eigenvalue weighted by atomic mass is 10.1. The molecule has 2 aromatic heterocycles. The van der Waals surface area contributed by atoms with Gasteiger partial charge < -0.3 is 10.6 Å². The molecule has 2 aromatic carbocycles. The predicted molar refractivity (Wildman–Crippen MR) is 113 cm³/mol. The standard InChI is InChI=1S/C21H18ClFN6/c22-16-6-2-1-5-15(16)18-17-19(24)29(14-9-7-13(23)8-10-14)27-20(17)26-21(25-18)28-11-3-4-12-28/h1-2,5-10H,3-4,11-12,24H2. The molecule has 0 aliphatic carbocycles. The Bertz CT molecular complexity index is 1200. The minimum absolute atomic E-state index is 0.322. The highest BCUT2D eigenvalue weighted by Gasteiger charge is 2.23. The van der Waals surface area contributed by atoms with Crippen LogP contribution < -0.4 is 10.6 Å². The van der Waals surface area contributed by atoms with Gasteiger partial charge in [-0.05, 0) is 43.2 Å². The SMILES string of the molecule is Nc1c2c(-c3ccccc3Cl)nc(N3CCCC3)nc2nn1-c1ccc(F)cc1. The zero-order valence-electron chi connectivity index (χ0n) is 15.5. The van der Waals surface area contributed by atoms with E-state index in [2.05, 4.69) is 15.0 Å². The highest BCUT2D eigenvalue weighted by atomic mass is 35.5. The van der Waals surface area contributed by atoms with Crippen LogP contribution in [0.15, 0.2) is 48.5 Å². The lowest BCUT2D eigenvalue weighted by Gasteiger charge is -2.16. The van der Waals surface area contributed by atoms with E-state index >= 15 is 0 Å². The van der Waals surface area contributed by atoms with Crippen molar-refractivity contribution in [3.8, 4) is 16.9 Å². The number of nitrogens with two attached hydrogens (primary N) is 1. The average molecular weight is 409 g/mol. The summed E-state index contributed by atoms with van der Waals surface area (Å²) in [4.78, 5) is 11.7. The minimum atomic E-state index is -0.322. The number of halogens is 2. The Balaban J connectivity index is 1.78. The van der Waals surface area contributed by atoms with Gasteiger partial charge in [0.1, 0.15) is 11.6 Å². The fraction of sp³-hybridized carbons (Fsp3) is 0.190. The van der Waals surface area contributed by atoms with Crippen LogP contribution in [0.5, 0.6) is 0 Å². The number of anilines is 2. The highest BCUT2D eigenvalue weighted by molar-refractivity contribution is 6.33. The van der Waals surface area contributed by atoms with Gasteiger partial charge in [0.15, 0.2) is 5.65 Å². The van der Waals surface area contributed by atoms with E-state index in [9.17, 15) is 4.39 Å². The molecule has 1 aliphatic heterocycles. The maximum atomic E-state index is 13.4. The van der Waals surface area contributed by atoms with E-state index in [-0.39, 0.29) is 5.82 Å². The Morgan fingerprint density at radius 1 is 0.966 bits per heavy atom. The van der Waals surface area contributed by atoms with Gasteiger partial charge in [-0.25, -0.2) is 14.1 Å². The van der Waals surface area contributed by atoms with E-state index in [1.807, 2.05) is 24.3 Å². The smallest absolute Gasteiger partial charge is 0.228 e. The van der Waals surface area contributed by atoms with Gasteiger partial charge in [-0.1, -0.05) is 29.8 Å². The molecule has 0 atom stereocenters. The molecule has 5 rings (SSSR count). The summed E-state index contributed by atoms with van der Waals surface area (Å²) in [5, 5.41) is 5.82. The Hall–Kier alpha value is -3.19. The van der Waals surface area contributed by atoms with Crippen molar-refractivity contribution in [3.05, 3.63) is 59.4 Å². The molecule has 0 radical (unpaired) electrons. The number of hydrogen-bond acceptors (Lipinski definition) is 5. The van der Waals surface area contributed by atoms with Crippen molar-refractivity contribution < 1.29 is 4.39 Å². The normalized spacial score (nSPS) is 14.1. The lowest BCUT2D eigenvalue weighted by molar-refractivity contribution is 0.627. The number of nitrogen functional groups attached to an aromatic ring is 1. The third kappa shape index (κ3) is 3.07. The second-order valence-electron chi connectivity index (χ2n) is 7.02. The molecule has 2 N–H and O–H groups in total. The van der Waals surface area contributed by atoms with Crippen molar-refractivity contribution >= 4 is 34.4 Å². The zero-order chi connectivity index (χ0) is 20.0. The lowest BCUT2D eigenvalue weighted by Crippen LogP contribution is -2.20. The van der Waals surface area contributed by atoms with Gasteiger partial charge in [0.25, 0.3) is 0 Å². The summed E-state index contributed by atoms with van der Waals surface area (Å²) in [5.74, 6) is 0.681. The molecule has 4 aromatic rings. The van der Waals surface area contributed by atoms with E-state index in [0.717, 1.165) is 31.5 Å². The molecule has 1 saturated heterocycles. The topological polar surface area (TPSA) is 72.9 Å². The van der Waals surface area contributed by atoms with Crippen LogP contribution in [0.1, 0.15) is 12.8 Å². The molecule has 29 heavy (non-hydrogen) atoms. The summed E-state index contributed by atoms with van der Waals surface area (Å²) in [6.45, 7) is 1.81. The first-order chi connectivity index (χ1) is 14.1. The first-order valence-electron chi connectivity index (χ1n) is 9.44. The molecular weight excluding hydrogens is 391 g/mol. The van der Waals surface area contributed by atoms with E-state index in [4.69, 9.17) is 22.3 Å². The molecule has 6 nitrogen and oxygen atoms in total. The molecule has 0 bridgehead atoms. The maximum absolute atomic E-state index is 13.4. The number of hydrogen-bond donors (Lipinski definition) is 1. The molecule has 1 aliphatic rings. The molecule has 1 fully saturated rings. The van der Waals surface area contributed by atoms with Gasteiger partial charge in [-0.3, -0.25) is 0 Å². The third-order valence-corrected chi connectivity index (χ3v) is 5.48. The van der Waals surface area contributed by atoms with Crippen LogP contribution in [0.3, 0.4) is 0 Å². The summed E-state index contributed by atoms with van der Waals surface area (Å²) in [7, 11) is 0. The second-order valence-corrected chi connectivity index (χ2v) is 7.43. The van der Waals surface area contributed by atoms with Crippen LogP contribution in [0.4, 0.5) is 16.2 Å². The first-order valence-corrected chi connectivity index (χ1v) is 9.81. The summed E-state index contributed by atoms with van der Waals surface area (Å²) in [6.07, 6.45) is 2.21. The molecular formula is C21H18ClFN6. The molecule has 0 amide bonds. The van der Waals surface area contributed by atoms with Gasteiger partial charge >= 0.3 is 0 Å². The van der Waals surface area contributed by atoms with Crippen molar-refractivity contribution in [2.24, 2.45) is 0 Å². The van der Waals surface area contributed by atoms with Gasteiger partial charge in [0.2, 0.25) is 5.95 Å². The van der Waals surface area contributed by atoms with Crippen LogP contribution in [-0.4, -0.2) is 32.8 Å². The summed E-state index contributed by atoms with van der Waals surface area (Å²) >= 11 is 6.48. The molecule has 3 heterocycles. The van der Waals surface area contributed by atoms with Crippen molar-refractivity contribution in [2.75, 3.05) is 23.7 Å². The fourth-order valence-electron chi connectivity index (χ4n) is 3.69. The second kappa shape index (κ2) is 7.00. The Labute approximate surface area is 171 Å². The number of rotatable bonds is 3. The van der Waals surface area contributed by atoms with Gasteiger partial charge in [0, 0.05) is 23.7 Å². The third-order valence-electron chi connectivity index (χ3n) is 5.15. The van der Waals surface area contributed by atoms with Crippen molar-refractivity contribution in [1.29, 1.82) is 0 Å². The molecule has 0 spiro atoms. The van der Waals surface area contributed by atoms with Gasteiger partial charge in [0.05, 0.1) is 16.8 Å².